The SMILES string of the molecule is CO\N=C(C(C)=O)/C(=C/C=C\N)C(C)CO/C(C)=N/N=C(\C)c1ccc(Cl)cc1. The van der Waals surface area contributed by atoms with Crippen LogP contribution in [0.5, 0.6) is 0 Å². The Balaban J connectivity index is 2.88. The number of benzene rings is 1. The fraction of sp³-hybridized carbons (Fsp3) is 0.333. The van der Waals surface area contributed by atoms with Crippen molar-refractivity contribution in [3.8, 4) is 0 Å². The van der Waals surface area contributed by atoms with Crippen LogP contribution in [0.3, 0.4) is 0 Å². The van der Waals surface area contributed by atoms with Crippen LogP contribution in [0.1, 0.15) is 33.3 Å². The molecule has 0 bridgehead atoms. The maximum atomic E-state index is 11.9. The molecule has 1 aromatic carbocycles. The molecule has 1 rings (SSSR count). The van der Waals surface area contributed by atoms with Gasteiger partial charge in [-0.1, -0.05) is 41.9 Å². The number of carbonyl (C=O) groups excluding carboxylic acids is 1. The highest BCUT2D eigenvalue weighted by Crippen LogP contribution is 2.15. The van der Waals surface area contributed by atoms with Crippen molar-refractivity contribution in [2.45, 2.75) is 27.7 Å². The lowest BCUT2D eigenvalue weighted by Crippen LogP contribution is -2.22. The first-order valence-corrected chi connectivity index (χ1v) is 9.36. The first kappa shape index (κ1) is 24.1. The highest BCUT2D eigenvalue weighted by molar-refractivity contribution is 6.45. The number of nitrogens with two attached hydrogens (primary N) is 1. The molecule has 2 N–H and O–H groups in total. The third kappa shape index (κ3) is 8.31. The number of halogens is 1. The van der Waals surface area contributed by atoms with Crippen LogP contribution in [0.2, 0.25) is 5.02 Å². The van der Waals surface area contributed by atoms with E-state index in [1.165, 1.54) is 20.2 Å². The van der Waals surface area contributed by atoms with E-state index in [4.69, 9.17) is 26.9 Å². The van der Waals surface area contributed by atoms with Crippen LogP contribution in [0.15, 0.2) is 63.5 Å². The molecule has 0 spiro atoms. The van der Waals surface area contributed by atoms with Crippen molar-refractivity contribution >= 4 is 34.7 Å². The molecule has 1 aromatic rings. The van der Waals surface area contributed by atoms with Gasteiger partial charge in [0, 0.05) is 24.8 Å². The second-order valence-electron chi connectivity index (χ2n) is 6.21. The van der Waals surface area contributed by atoms with Gasteiger partial charge in [0.15, 0.2) is 5.78 Å². The lowest BCUT2D eigenvalue weighted by molar-refractivity contribution is -0.111. The second-order valence-corrected chi connectivity index (χ2v) is 6.65. The summed E-state index contributed by atoms with van der Waals surface area (Å²) in [6.07, 6.45) is 4.71. The van der Waals surface area contributed by atoms with Crippen molar-refractivity contribution in [3.63, 3.8) is 0 Å². The molecule has 1 atom stereocenters. The summed E-state index contributed by atoms with van der Waals surface area (Å²) in [5.74, 6) is 0.00590. The largest absolute Gasteiger partial charge is 0.479 e. The molecular formula is C21H27ClN4O3. The van der Waals surface area contributed by atoms with Gasteiger partial charge in [-0.05, 0) is 42.5 Å². The zero-order valence-corrected chi connectivity index (χ0v) is 18.1. The molecule has 29 heavy (non-hydrogen) atoms. The van der Waals surface area contributed by atoms with Crippen molar-refractivity contribution in [3.05, 3.63) is 58.8 Å². The van der Waals surface area contributed by atoms with Crippen LogP contribution in [0.4, 0.5) is 0 Å². The Morgan fingerprint density at radius 2 is 1.86 bits per heavy atom. The predicted octanol–water partition coefficient (Wildman–Crippen LogP) is 4.13. The van der Waals surface area contributed by atoms with E-state index >= 15 is 0 Å². The summed E-state index contributed by atoms with van der Waals surface area (Å²) in [4.78, 5) is 16.7. The fourth-order valence-electron chi connectivity index (χ4n) is 2.31. The number of ketones is 1. The molecule has 0 radical (unpaired) electrons. The Bertz CT molecular complexity index is 840. The lowest BCUT2D eigenvalue weighted by Gasteiger charge is -2.16. The lowest BCUT2D eigenvalue weighted by atomic mass is 9.94. The maximum absolute atomic E-state index is 11.9. The molecule has 0 heterocycles. The zero-order chi connectivity index (χ0) is 21.8. The Kier molecular flexibility index (Phi) is 10.4. The third-order valence-electron chi connectivity index (χ3n) is 3.85. The minimum absolute atomic E-state index is 0.171. The summed E-state index contributed by atoms with van der Waals surface area (Å²) in [6, 6.07) is 7.33. The van der Waals surface area contributed by atoms with Crippen molar-refractivity contribution in [2.75, 3.05) is 13.7 Å². The Hall–Kier alpha value is -2.93. The minimum atomic E-state index is -0.219. The van der Waals surface area contributed by atoms with Crippen molar-refractivity contribution in [2.24, 2.45) is 27.0 Å². The molecule has 0 saturated carbocycles. The molecule has 0 aromatic heterocycles. The molecule has 1 unspecified atom stereocenters. The number of Topliss-reactive ketones (excluding diaryl/α,β-unsaturated/α-hetero) is 1. The van der Waals surface area contributed by atoms with E-state index in [0.29, 0.717) is 16.5 Å². The quantitative estimate of drug-likeness (QED) is 0.282. The third-order valence-corrected chi connectivity index (χ3v) is 4.10. The number of hydrogen-bond acceptors (Lipinski definition) is 7. The number of allylic oxidation sites excluding steroid dienone is 2. The first-order chi connectivity index (χ1) is 13.8. The van der Waals surface area contributed by atoms with E-state index in [0.717, 1.165) is 11.3 Å². The van der Waals surface area contributed by atoms with Gasteiger partial charge in [0.05, 0.1) is 12.3 Å². The van der Waals surface area contributed by atoms with Crippen LogP contribution in [-0.4, -0.2) is 36.8 Å². The van der Waals surface area contributed by atoms with E-state index < -0.39 is 0 Å². The molecule has 8 heteroatoms. The summed E-state index contributed by atoms with van der Waals surface area (Å²) >= 11 is 5.89. The average Bonchev–Trinajstić information content (AvgIpc) is 2.70. The van der Waals surface area contributed by atoms with Gasteiger partial charge in [0.1, 0.15) is 12.8 Å². The predicted molar refractivity (Wildman–Crippen MR) is 118 cm³/mol. The Labute approximate surface area is 176 Å². The zero-order valence-electron chi connectivity index (χ0n) is 17.3. The van der Waals surface area contributed by atoms with Crippen LogP contribution < -0.4 is 5.73 Å². The van der Waals surface area contributed by atoms with Crippen molar-refractivity contribution < 1.29 is 14.4 Å². The summed E-state index contributed by atoms with van der Waals surface area (Å²) < 4.78 is 5.70. The standard InChI is InChI=1S/C21H27ClN4O3/c1-14(20(7-6-12-23)21(16(3)27)26-28-5)13-29-17(4)25-24-15(2)18-8-10-19(22)11-9-18/h6-12,14H,13,23H2,1-5H3/b12-6-,20-7+,24-15+,25-17+,26-21-. The normalized spacial score (nSPS) is 14.8. The topological polar surface area (TPSA) is 98.6 Å². The summed E-state index contributed by atoms with van der Waals surface area (Å²) in [5.41, 5.74) is 7.93. The highest BCUT2D eigenvalue weighted by Gasteiger charge is 2.20. The Morgan fingerprint density at radius 1 is 1.21 bits per heavy atom. The Morgan fingerprint density at radius 3 is 2.41 bits per heavy atom. The van der Waals surface area contributed by atoms with E-state index in [-0.39, 0.29) is 24.0 Å². The van der Waals surface area contributed by atoms with Gasteiger partial charge in [-0.3, -0.25) is 4.79 Å². The number of nitrogens with zero attached hydrogens (tertiary/aromatic N) is 3. The van der Waals surface area contributed by atoms with Crippen LogP contribution in [0, 0.1) is 5.92 Å². The molecule has 7 nitrogen and oxygen atoms in total. The maximum Gasteiger partial charge on any atom is 0.205 e. The summed E-state index contributed by atoms with van der Waals surface area (Å²) in [7, 11) is 1.39. The highest BCUT2D eigenvalue weighted by atomic mass is 35.5. The van der Waals surface area contributed by atoms with Gasteiger partial charge in [0.25, 0.3) is 0 Å². The second kappa shape index (κ2) is 12.5. The van der Waals surface area contributed by atoms with Crippen LogP contribution in [-0.2, 0) is 14.4 Å². The number of rotatable bonds is 9. The number of carbonyl (C=O) groups is 1. The van der Waals surface area contributed by atoms with Gasteiger partial charge in [-0.2, -0.15) is 5.10 Å². The van der Waals surface area contributed by atoms with E-state index in [1.807, 2.05) is 26.0 Å². The fourth-order valence-corrected chi connectivity index (χ4v) is 2.43. The molecule has 0 aliphatic heterocycles. The van der Waals surface area contributed by atoms with Crippen molar-refractivity contribution in [1.29, 1.82) is 0 Å². The monoisotopic (exact) mass is 418 g/mol. The molecular weight excluding hydrogens is 392 g/mol. The molecule has 0 amide bonds. The van der Waals surface area contributed by atoms with Gasteiger partial charge in [-0.25, -0.2) is 0 Å². The number of oxime groups is 1. The van der Waals surface area contributed by atoms with Crippen molar-refractivity contribution in [1.82, 2.24) is 0 Å². The van der Waals surface area contributed by atoms with Gasteiger partial charge in [-0.15, -0.1) is 5.10 Å². The average molecular weight is 419 g/mol. The van der Waals surface area contributed by atoms with E-state index in [2.05, 4.69) is 15.4 Å². The summed E-state index contributed by atoms with van der Waals surface area (Å²) in [6.45, 7) is 7.16. The smallest absolute Gasteiger partial charge is 0.205 e. The van der Waals surface area contributed by atoms with E-state index in [1.54, 1.807) is 31.2 Å². The van der Waals surface area contributed by atoms with Crippen LogP contribution in [0.25, 0.3) is 0 Å². The molecule has 0 fully saturated rings. The molecule has 0 aliphatic carbocycles. The van der Waals surface area contributed by atoms with E-state index in [9.17, 15) is 4.79 Å². The molecule has 0 aliphatic rings. The number of ether oxygens (including phenoxy) is 1. The van der Waals surface area contributed by atoms with Gasteiger partial charge >= 0.3 is 0 Å². The molecule has 156 valence electrons. The van der Waals surface area contributed by atoms with Gasteiger partial charge in [0.2, 0.25) is 5.90 Å². The van der Waals surface area contributed by atoms with Gasteiger partial charge < -0.3 is 15.3 Å². The molecule has 0 saturated heterocycles. The van der Waals surface area contributed by atoms with Crippen LogP contribution >= 0.6 is 11.6 Å². The first-order valence-electron chi connectivity index (χ1n) is 8.98. The summed E-state index contributed by atoms with van der Waals surface area (Å²) in [5, 5.41) is 12.8. The minimum Gasteiger partial charge on any atom is -0.479 e. The number of hydrogen-bond donors (Lipinski definition) is 1.